The van der Waals surface area contributed by atoms with Crippen molar-refractivity contribution in [3.8, 4) is 0 Å². The van der Waals surface area contributed by atoms with Gasteiger partial charge in [-0.3, -0.25) is 14.4 Å². The summed E-state index contributed by atoms with van der Waals surface area (Å²) in [5.74, 6) is -1.87. The minimum absolute atomic E-state index is 0.0635. The summed E-state index contributed by atoms with van der Waals surface area (Å²) in [5, 5.41) is 11.3. The molecule has 1 aliphatic heterocycles. The van der Waals surface area contributed by atoms with Crippen molar-refractivity contribution in [2.75, 3.05) is 13.1 Å². The third-order valence-electron chi connectivity index (χ3n) is 2.88. The SMILES string of the molecule is CC(=O)NCC(=O)N1CCC(C(=O)O)C1C. The predicted molar refractivity (Wildman–Crippen MR) is 55.6 cm³/mol. The molecule has 0 aromatic heterocycles. The fourth-order valence-electron chi connectivity index (χ4n) is 1.92. The number of hydrogen-bond donors (Lipinski definition) is 2. The fourth-order valence-corrected chi connectivity index (χ4v) is 1.92. The van der Waals surface area contributed by atoms with Crippen molar-refractivity contribution in [2.45, 2.75) is 26.3 Å². The van der Waals surface area contributed by atoms with Crippen molar-refractivity contribution < 1.29 is 19.5 Å². The summed E-state index contributed by atoms with van der Waals surface area (Å²) in [6.45, 7) is 3.43. The van der Waals surface area contributed by atoms with Crippen LogP contribution in [0.15, 0.2) is 0 Å². The van der Waals surface area contributed by atoms with Crippen molar-refractivity contribution in [1.82, 2.24) is 10.2 Å². The number of hydrogen-bond acceptors (Lipinski definition) is 3. The molecule has 0 radical (unpaired) electrons. The second-order valence-corrected chi connectivity index (χ2v) is 3.97. The summed E-state index contributed by atoms with van der Waals surface area (Å²) in [4.78, 5) is 34.6. The van der Waals surface area contributed by atoms with Crippen LogP contribution in [0, 0.1) is 5.92 Å². The Labute approximate surface area is 93.6 Å². The second kappa shape index (κ2) is 4.96. The lowest BCUT2D eigenvalue weighted by molar-refractivity contribution is -0.143. The minimum Gasteiger partial charge on any atom is -0.481 e. The number of nitrogens with zero attached hydrogens (tertiary/aromatic N) is 1. The van der Waals surface area contributed by atoms with Gasteiger partial charge in [0.05, 0.1) is 12.5 Å². The van der Waals surface area contributed by atoms with Crippen molar-refractivity contribution in [2.24, 2.45) is 5.92 Å². The minimum atomic E-state index is -0.873. The Morgan fingerprint density at radius 3 is 2.50 bits per heavy atom. The molecule has 0 bridgehead atoms. The van der Waals surface area contributed by atoms with Crippen LogP contribution in [0.2, 0.25) is 0 Å². The van der Waals surface area contributed by atoms with Crippen LogP contribution in [-0.4, -0.2) is 46.9 Å². The fraction of sp³-hybridized carbons (Fsp3) is 0.700. The number of carboxylic acids is 1. The molecule has 1 rings (SSSR count). The van der Waals surface area contributed by atoms with E-state index in [0.29, 0.717) is 13.0 Å². The molecule has 16 heavy (non-hydrogen) atoms. The zero-order valence-corrected chi connectivity index (χ0v) is 9.40. The Hall–Kier alpha value is -1.59. The molecule has 1 saturated heterocycles. The smallest absolute Gasteiger partial charge is 0.308 e. The van der Waals surface area contributed by atoms with Gasteiger partial charge in [0.25, 0.3) is 0 Å². The number of carboxylic acid groups (broad SMARTS) is 1. The van der Waals surface area contributed by atoms with Crippen LogP contribution in [0.1, 0.15) is 20.3 Å². The number of likely N-dealkylation sites (tertiary alicyclic amines) is 1. The number of nitrogens with one attached hydrogen (secondary N) is 1. The van der Waals surface area contributed by atoms with E-state index in [1.54, 1.807) is 6.92 Å². The van der Waals surface area contributed by atoms with E-state index in [0.717, 1.165) is 0 Å². The Morgan fingerprint density at radius 1 is 1.44 bits per heavy atom. The summed E-state index contributed by atoms with van der Waals surface area (Å²) in [5.41, 5.74) is 0. The Kier molecular flexibility index (Phi) is 3.87. The lowest BCUT2D eigenvalue weighted by atomic mass is 10.0. The maximum Gasteiger partial charge on any atom is 0.308 e. The first kappa shape index (κ1) is 12.5. The van der Waals surface area contributed by atoms with Gasteiger partial charge in [-0.05, 0) is 13.3 Å². The van der Waals surface area contributed by atoms with Crippen LogP contribution in [0.5, 0.6) is 0 Å². The number of carbonyl (C=O) groups is 3. The van der Waals surface area contributed by atoms with Crippen LogP contribution >= 0.6 is 0 Å². The van der Waals surface area contributed by atoms with E-state index in [9.17, 15) is 14.4 Å². The Balaban J connectivity index is 2.53. The second-order valence-electron chi connectivity index (χ2n) is 3.97. The molecule has 2 unspecified atom stereocenters. The number of carbonyl (C=O) groups excluding carboxylic acids is 2. The lowest BCUT2D eigenvalue weighted by Crippen LogP contribution is -2.43. The van der Waals surface area contributed by atoms with Crippen LogP contribution in [0.3, 0.4) is 0 Å². The van der Waals surface area contributed by atoms with Gasteiger partial charge in [0.15, 0.2) is 0 Å². The lowest BCUT2D eigenvalue weighted by Gasteiger charge is -2.23. The topological polar surface area (TPSA) is 86.7 Å². The summed E-state index contributed by atoms with van der Waals surface area (Å²) >= 11 is 0. The number of amides is 2. The third kappa shape index (κ3) is 2.71. The maximum absolute atomic E-state index is 11.6. The van der Waals surface area contributed by atoms with E-state index in [-0.39, 0.29) is 24.4 Å². The molecule has 0 aromatic carbocycles. The molecule has 0 spiro atoms. The molecule has 0 aromatic rings. The van der Waals surface area contributed by atoms with Crippen molar-refractivity contribution in [3.63, 3.8) is 0 Å². The largest absolute Gasteiger partial charge is 0.481 e. The number of aliphatic carboxylic acids is 1. The summed E-state index contributed by atoms with van der Waals surface area (Å²) < 4.78 is 0. The highest BCUT2D eigenvalue weighted by molar-refractivity contribution is 5.85. The molecule has 1 heterocycles. The molecular formula is C10H16N2O4. The van der Waals surface area contributed by atoms with E-state index < -0.39 is 11.9 Å². The average molecular weight is 228 g/mol. The van der Waals surface area contributed by atoms with Gasteiger partial charge in [-0.1, -0.05) is 0 Å². The van der Waals surface area contributed by atoms with E-state index in [1.165, 1.54) is 11.8 Å². The first-order chi connectivity index (χ1) is 7.43. The van der Waals surface area contributed by atoms with E-state index in [4.69, 9.17) is 5.11 Å². The van der Waals surface area contributed by atoms with Crippen LogP contribution in [-0.2, 0) is 14.4 Å². The Morgan fingerprint density at radius 2 is 2.06 bits per heavy atom. The molecule has 6 nitrogen and oxygen atoms in total. The van der Waals surface area contributed by atoms with Crippen molar-refractivity contribution in [1.29, 1.82) is 0 Å². The molecule has 0 aliphatic carbocycles. The van der Waals surface area contributed by atoms with Gasteiger partial charge < -0.3 is 15.3 Å². The Bertz CT molecular complexity index is 316. The molecule has 1 fully saturated rings. The average Bonchev–Trinajstić information content (AvgIpc) is 2.56. The highest BCUT2D eigenvalue weighted by atomic mass is 16.4. The van der Waals surface area contributed by atoms with Crippen LogP contribution in [0.25, 0.3) is 0 Å². The normalized spacial score (nSPS) is 24.2. The predicted octanol–water partition coefficient (Wildman–Crippen LogP) is -0.556. The van der Waals surface area contributed by atoms with E-state index in [1.807, 2.05) is 0 Å². The monoisotopic (exact) mass is 228 g/mol. The van der Waals surface area contributed by atoms with Crippen molar-refractivity contribution >= 4 is 17.8 Å². The molecule has 2 N–H and O–H groups in total. The molecule has 2 atom stereocenters. The molecule has 0 saturated carbocycles. The molecule has 1 aliphatic rings. The third-order valence-corrected chi connectivity index (χ3v) is 2.88. The molecule has 90 valence electrons. The maximum atomic E-state index is 11.6. The highest BCUT2D eigenvalue weighted by Crippen LogP contribution is 2.23. The van der Waals surface area contributed by atoms with Crippen LogP contribution in [0.4, 0.5) is 0 Å². The quantitative estimate of drug-likeness (QED) is 0.678. The van der Waals surface area contributed by atoms with E-state index >= 15 is 0 Å². The van der Waals surface area contributed by atoms with Gasteiger partial charge >= 0.3 is 5.97 Å². The standard InChI is InChI=1S/C10H16N2O4/c1-6-8(10(15)16)3-4-12(6)9(14)5-11-7(2)13/h6,8H,3-5H2,1-2H3,(H,11,13)(H,15,16). The first-order valence-electron chi connectivity index (χ1n) is 5.20. The number of rotatable bonds is 3. The molecule has 6 heteroatoms. The summed E-state index contributed by atoms with van der Waals surface area (Å²) in [7, 11) is 0. The summed E-state index contributed by atoms with van der Waals surface area (Å²) in [6.07, 6.45) is 0.475. The highest BCUT2D eigenvalue weighted by Gasteiger charge is 2.37. The van der Waals surface area contributed by atoms with Gasteiger partial charge in [-0.15, -0.1) is 0 Å². The van der Waals surface area contributed by atoms with E-state index in [2.05, 4.69) is 5.32 Å². The molecule has 2 amide bonds. The first-order valence-corrected chi connectivity index (χ1v) is 5.20. The van der Waals surface area contributed by atoms with Gasteiger partial charge in [-0.2, -0.15) is 0 Å². The zero-order valence-electron chi connectivity index (χ0n) is 9.40. The molecular weight excluding hydrogens is 212 g/mol. The van der Waals surface area contributed by atoms with Gasteiger partial charge in [0, 0.05) is 19.5 Å². The van der Waals surface area contributed by atoms with Gasteiger partial charge in [0.2, 0.25) is 11.8 Å². The summed E-state index contributed by atoms with van der Waals surface area (Å²) in [6, 6.07) is -0.307. The van der Waals surface area contributed by atoms with Crippen LogP contribution < -0.4 is 5.32 Å². The van der Waals surface area contributed by atoms with Crippen molar-refractivity contribution in [3.05, 3.63) is 0 Å². The van der Waals surface area contributed by atoms with Gasteiger partial charge in [-0.25, -0.2) is 0 Å². The zero-order chi connectivity index (χ0) is 12.3. The van der Waals surface area contributed by atoms with Gasteiger partial charge in [0.1, 0.15) is 0 Å².